The zero-order valence-electron chi connectivity index (χ0n) is 14.3. The van der Waals surface area contributed by atoms with Crippen LogP contribution in [0.5, 0.6) is 0 Å². The molecule has 0 saturated carbocycles. The predicted octanol–water partition coefficient (Wildman–Crippen LogP) is 4.01. The standard InChI is InChI=1S/C20H17ClN2O4/c21-14-5-7-17-13(9-14)10-18(27-17)20(25)22-16-3-1-2-11-8-12(19(24)23-26)4-6-15(11)16/h4-10,16,26H,1-3H2,(H,22,25)(H,23,24)/t16-/m1/s1. The average Bonchev–Trinajstić information content (AvgIpc) is 3.10. The summed E-state index contributed by atoms with van der Waals surface area (Å²) >= 11 is 5.98. The number of rotatable bonds is 3. The van der Waals surface area contributed by atoms with E-state index in [0.29, 0.717) is 16.2 Å². The molecule has 1 atom stereocenters. The van der Waals surface area contributed by atoms with Crippen molar-refractivity contribution in [3.63, 3.8) is 0 Å². The van der Waals surface area contributed by atoms with Crippen LogP contribution in [-0.4, -0.2) is 17.0 Å². The van der Waals surface area contributed by atoms with E-state index < -0.39 is 5.91 Å². The van der Waals surface area contributed by atoms with Crippen LogP contribution in [0.3, 0.4) is 0 Å². The van der Waals surface area contributed by atoms with Crippen molar-refractivity contribution in [2.24, 2.45) is 0 Å². The molecule has 2 amide bonds. The van der Waals surface area contributed by atoms with Gasteiger partial charge in [-0.15, -0.1) is 0 Å². The normalized spacial score (nSPS) is 16.0. The van der Waals surface area contributed by atoms with E-state index >= 15 is 0 Å². The SMILES string of the molecule is O=C(NO)c1ccc2c(c1)CCC[C@H]2NC(=O)c1cc2cc(Cl)ccc2o1. The second kappa shape index (κ2) is 7.06. The summed E-state index contributed by atoms with van der Waals surface area (Å²) < 4.78 is 5.63. The number of aryl methyl sites for hydroxylation is 1. The molecule has 1 aliphatic rings. The molecule has 0 spiro atoms. The summed E-state index contributed by atoms with van der Waals surface area (Å²) in [7, 11) is 0. The van der Waals surface area contributed by atoms with Gasteiger partial charge in [0, 0.05) is 16.0 Å². The van der Waals surface area contributed by atoms with Crippen LogP contribution >= 0.6 is 11.6 Å². The highest BCUT2D eigenvalue weighted by Gasteiger charge is 2.24. The minimum absolute atomic E-state index is 0.163. The largest absolute Gasteiger partial charge is 0.451 e. The Hall–Kier alpha value is -2.83. The average molecular weight is 385 g/mol. The molecule has 4 rings (SSSR count). The van der Waals surface area contributed by atoms with Crippen molar-refractivity contribution < 1.29 is 19.2 Å². The second-order valence-corrected chi connectivity index (χ2v) is 7.00. The number of hydrogen-bond acceptors (Lipinski definition) is 4. The Morgan fingerprint density at radius 1 is 1.11 bits per heavy atom. The molecular formula is C20H17ClN2O4. The molecule has 1 heterocycles. The Labute approximate surface area is 160 Å². The Morgan fingerprint density at radius 2 is 1.96 bits per heavy atom. The number of nitrogens with one attached hydrogen (secondary N) is 2. The number of carbonyl (C=O) groups is 2. The first-order valence-electron chi connectivity index (χ1n) is 8.62. The minimum atomic E-state index is -0.551. The highest BCUT2D eigenvalue weighted by atomic mass is 35.5. The van der Waals surface area contributed by atoms with Crippen molar-refractivity contribution in [2.75, 3.05) is 0 Å². The molecule has 2 aromatic carbocycles. The topological polar surface area (TPSA) is 91.6 Å². The Balaban J connectivity index is 1.57. The molecule has 6 nitrogen and oxygen atoms in total. The molecule has 1 aliphatic carbocycles. The summed E-state index contributed by atoms with van der Waals surface area (Å²) in [5, 5.41) is 13.2. The third-order valence-electron chi connectivity index (χ3n) is 4.83. The number of furan rings is 1. The number of halogens is 1. The van der Waals surface area contributed by atoms with Crippen LogP contribution in [0, 0.1) is 0 Å². The lowest BCUT2D eigenvalue weighted by Gasteiger charge is -2.26. The van der Waals surface area contributed by atoms with Gasteiger partial charge in [-0.3, -0.25) is 14.8 Å². The molecule has 1 aromatic heterocycles. The van der Waals surface area contributed by atoms with E-state index in [1.165, 1.54) is 0 Å². The van der Waals surface area contributed by atoms with Gasteiger partial charge in [0.25, 0.3) is 11.8 Å². The van der Waals surface area contributed by atoms with E-state index in [9.17, 15) is 9.59 Å². The van der Waals surface area contributed by atoms with E-state index in [4.69, 9.17) is 21.2 Å². The molecule has 3 aromatic rings. The predicted molar refractivity (Wildman–Crippen MR) is 100 cm³/mol. The number of hydroxylamine groups is 1. The van der Waals surface area contributed by atoms with Crippen molar-refractivity contribution in [2.45, 2.75) is 25.3 Å². The first-order chi connectivity index (χ1) is 13.0. The number of fused-ring (bicyclic) bond motifs is 2. The van der Waals surface area contributed by atoms with Gasteiger partial charge in [0.1, 0.15) is 5.58 Å². The molecule has 3 N–H and O–H groups in total. The van der Waals surface area contributed by atoms with Crippen LogP contribution in [0.4, 0.5) is 0 Å². The minimum Gasteiger partial charge on any atom is -0.451 e. The van der Waals surface area contributed by atoms with Crippen LogP contribution in [-0.2, 0) is 6.42 Å². The molecule has 0 radical (unpaired) electrons. The molecule has 0 bridgehead atoms. The van der Waals surface area contributed by atoms with E-state index in [2.05, 4.69) is 5.32 Å². The lowest BCUT2D eigenvalue weighted by Crippen LogP contribution is -2.31. The third kappa shape index (κ3) is 3.41. The van der Waals surface area contributed by atoms with Crippen molar-refractivity contribution in [1.82, 2.24) is 10.8 Å². The summed E-state index contributed by atoms with van der Waals surface area (Å²) in [5.74, 6) is -0.613. The van der Waals surface area contributed by atoms with Gasteiger partial charge in [-0.2, -0.15) is 0 Å². The number of carbonyl (C=O) groups excluding carboxylic acids is 2. The molecule has 138 valence electrons. The van der Waals surface area contributed by atoms with Crippen LogP contribution < -0.4 is 10.8 Å². The van der Waals surface area contributed by atoms with Crippen molar-refractivity contribution in [3.8, 4) is 0 Å². The second-order valence-electron chi connectivity index (χ2n) is 6.57. The van der Waals surface area contributed by atoms with Crippen molar-refractivity contribution in [3.05, 3.63) is 69.9 Å². The van der Waals surface area contributed by atoms with Gasteiger partial charge >= 0.3 is 0 Å². The first kappa shape index (κ1) is 17.6. The molecule has 7 heteroatoms. The Bertz CT molecular complexity index is 1040. The summed E-state index contributed by atoms with van der Waals surface area (Å²) in [4.78, 5) is 24.3. The molecule has 0 fully saturated rings. The summed E-state index contributed by atoms with van der Waals surface area (Å²) in [6.45, 7) is 0. The zero-order chi connectivity index (χ0) is 19.0. The smallest absolute Gasteiger partial charge is 0.287 e. The van der Waals surface area contributed by atoms with Gasteiger partial charge in [-0.1, -0.05) is 17.7 Å². The summed E-state index contributed by atoms with van der Waals surface area (Å²) in [6, 6.07) is 11.9. The maximum absolute atomic E-state index is 12.7. The summed E-state index contributed by atoms with van der Waals surface area (Å²) in [5.41, 5.74) is 4.60. The third-order valence-corrected chi connectivity index (χ3v) is 5.06. The first-order valence-corrected chi connectivity index (χ1v) is 9.00. The molecule has 27 heavy (non-hydrogen) atoms. The van der Waals surface area contributed by atoms with Gasteiger partial charge < -0.3 is 9.73 Å². The van der Waals surface area contributed by atoms with Gasteiger partial charge in [0.05, 0.1) is 6.04 Å². The van der Waals surface area contributed by atoms with E-state index in [1.54, 1.807) is 41.9 Å². The Kier molecular flexibility index (Phi) is 4.59. The zero-order valence-corrected chi connectivity index (χ0v) is 15.0. The maximum atomic E-state index is 12.7. The molecular weight excluding hydrogens is 368 g/mol. The lowest BCUT2D eigenvalue weighted by atomic mass is 9.86. The fraction of sp³-hybridized carbons (Fsp3) is 0.200. The van der Waals surface area contributed by atoms with Crippen LogP contribution in [0.1, 0.15) is 50.9 Å². The van der Waals surface area contributed by atoms with E-state index in [0.717, 1.165) is 35.8 Å². The monoisotopic (exact) mass is 384 g/mol. The van der Waals surface area contributed by atoms with E-state index in [-0.39, 0.29) is 17.7 Å². The lowest BCUT2D eigenvalue weighted by molar-refractivity contribution is 0.0706. The van der Waals surface area contributed by atoms with Gasteiger partial charge in [-0.05, 0) is 66.8 Å². The van der Waals surface area contributed by atoms with Gasteiger partial charge in [0.2, 0.25) is 0 Å². The van der Waals surface area contributed by atoms with Crippen LogP contribution in [0.25, 0.3) is 11.0 Å². The fourth-order valence-corrected chi connectivity index (χ4v) is 3.71. The number of amides is 2. The molecule has 0 saturated heterocycles. The van der Waals surface area contributed by atoms with Gasteiger partial charge in [0.15, 0.2) is 5.76 Å². The van der Waals surface area contributed by atoms with Crippen LogP contribution in [0.2, 0.25) is 5.02 Å². The fourth-order valence-electron chi connectivity index (χ4n) is 3.53. The Morgan fingerprint density at radius 3 is 2.78 bits per heavy atom. The van der Waals surface area contributed by atoms with Gasteiger partial charge in [-0.25, -0.2) is 5.48 Å². The maximum Gasteiger partial charge on any atom is 0.287 e. The number of benzene rings is 2. The van der Waals surface area contributed by atoms with E-state index in [1.807, 2.05) is 6.07 Å². The number of hydrogen-bond donors (Lipinski definition) is 3. The van der Waals surface area contributed by atoms with Crippen molar-refractivity contribution >= 4 is 34.4 Å². The van der Waals surface area contributed by atoms with Crippen molar-refractivity contribution in [1.29, 1.82) is 0 Å². The highest BCUT2D eigenvalue weighted by molar-refractivity contribution is 6.31. The quantitative estimate of drug-likeness (QED) is 0.470. The van der Waals surface area contributed by atoms with Crippen LogP contribution in [0.15, 0.2) is 46.9 Å². The molecule has 0 unspecified atom stereocenters. The highest BCUT2D eigenvalue weighted by Crippen LogP contribution is 2.31. The summed E-state index contributed by atoms with van der Waals surface area (Å²) in [6.07, 6.45) is 2.51. The molecule has 0 aliphatic heterocycles.